The second kappa shape index (κ2) is 9.23. The van der Waals surface area contributed by atoms with Gasteiger partial charge in [-0.25, -0.2) is 0 Å². The summed E-state index contributed by atoms with van der Waals surface area (Å²) in [5.41, 5.74) is 4.14. The number of nitrogens with one attached hydrogen (secondary N) is 1. The highest BCUT2D eigenvalue weighted by Crippen LogP contribution is 2.54. The van der Waals surface area contributed by atoms with Gasteiger partial charge in [0.15, 0.2) is 11.4 Å². The normalized spacial score (nSPS) is 23.8. The van der Waals surface area contributed by atoms with Crippen molar-refractivity contribution in [3.05, 3.63) is 58.4 Å². The summed E-state index contributed by atoms with van der Waals surface area (Å²) in [6.07, 6.45) is -0.129. The molecule has 0 spiro atoms. The van der Waals surface area contributed by atoms with Gasteiger partial charge in [-0.2, -0.15) is 0 Å². The fraction of sp³-hybridized carbons (Fsp3) is 0.310. The van der Waals surface area contributed by atoms with Crippen molar-refractivity contribution in [2.75, 3.05) is 24.3 Å². The number of carbonyl (C=O) groups excluding carboxylic acids is 4. The minimum Gasteiger partial charge on any atom is -0.508 e. The first kappa shape index (κ1) is 26.9. The lowest BCUT2D eigenvalue weighted by atomic mass is 9.59. The van der Waals surface area contributed by atoms with E-state index in [1.54, 1.807) is 49.3 Å². The molecule has 0 aromatic heterocycles. The number of ketones is 2. The molecule has 1 saturated carbocycles. The van der Waals surface area contributed by atoms with Gasteiger partial charge in [0.05, 0.1) is 5.56 Å². The van der Waals surface area contributed by atoms with Crippen LogP contribution in [0, 0.1) is 11.8 Å². The number of amides is 2. The van der Waals surface area contributed by atoms with E-state index in [2.05, 4.69) is 5.32 Å². The lowest BCUT2D eigenvalue weighted by molar-refractivity contribution is -0.147. The van der Waals surface area contributed by atoms with E-state index in [0.717, 1.165) is 0 Å². The zero-order chi connectivity index (χ0) is 29.3. The highest BCUT2D eigenvalue weighted by atomic mass is 16.3. The molecule has 3 atom stereocenters. The summed E-state index contributed by atoms with van der Waals surface area (Å²) >= 11 is 0. The van der Waals surface area contributed by atoms with Crippen molar-refractivity contribution >= 4 is 40.5 Å². The Kier molecular flexibility index (Phi) is 6.22. The van der Waals surface area contributed by atoms with E-state index in [0.29, 0.717) is 28.1 Å². The summed E-state index contributed by atoms with van der Waals surface area (Å²) in [5, 5.41) is 47.9. The molecule has 2 aromatic carbocycles. The third kappa shape index (κ3) is 3.84. The number of aromatic hydroxyl groups is 1. The van der Waals surface area contributed by atoms with Gasteiger partial charge in [-0.05, 0) is 48.1 Å². The number of anilines is 2. The average molecular weight is 548 g/mol. The minimum absolute atomic E-state index is 0.00161. The number of Topliss-reactive ketones (excluding diaryl/α,β-unsaturated/α-hetero) is 2. The summed E-state index contributed by atoms with van der Waals surface area (Å²) in [4.78, 5) is 51.6. The largest absolute Gasteiger partial charge is 0.508 e. The van der Waals surface area contributed by atoms with Crippen molar-refractivity contribution < 1.29 is 39.6 Å². The van der Waals surface area contributed by atoms with Crippen LogP contribution in [0.15, 0.2) is 47.2 Å². The molecule has 5 rings (SSSR count). The predicted octanol–water partition coefficient (Wildman–Crippen LogP) is 2.12. The third-order valence-electron chi connectivity index (χ3n) is 8.02. The van der Waals surface area contributed by atoms with Crippen molar-refractivity contribution in [1.82, 2.24) is 0 Å². The zero-order valence-electron chi connectivity index (χ0n) is 22.1. The van der Waals surface area contributed by atoms with Crippen molar-refractivity contribution in [3.8, 4) is 16.9 Å². The van der Waals surface area contributed by atoms with Gasteiger partial charge in [0.25, 0.3) is 5.91 Å². The molecule has 7 N–H and O–H groups in total. The Morgan fingerprint density at radius 2 is 1.80 bits per heavy atom. The number of nitrogens with two attached hydrogens (primary N) is 1. The van der Waals surface area contributed by atoms with Crippen molar-refractivity contribution in [2.45, 2.75) is 31.8 Å². The standard InChI is InChI=1S/C29H29N3O8/c1-12(33)31-16-6-4-5-13(8-16)17-11-19(32(2)3)18-9-14-7-15-10-20(34)23(28(30)39)27(38)29(15,40)26(37)21(14)25(36)22(18)24(17)35/h4-6,8,11,14-15,35-36,38,40H,7,9-10H2,1-3H3,(H2,30,39)(H,31,33). The highest BCUT2D eigenvalue weighted by Gasteiger charge is 2.60. The van der Waals surface area contributed by atoms with E-state index < -0.39 is 52.0 Å². The molecule has 0 heterocycles. The maximum Gasteiger partial charge on any atom is 0.255 e. The maximum atomic E-state index is 13.8. The number of primary amides is 1. The van der Waals surface area contributed by atoms with Crippen molar-refractivity contribution in [3.63, 3.8) is 0 Å². The van der Waals surface area contributed by atoms with Crippen LogP contribution in [-0.4, -0.2) is 63.5 Å². The van der Waals surface area contributed by atoms with E-state index in [9.17, 15) is 39.6 Å². The molecule has 40 heavy (non-hydrogen) atoms. The van der Waals surface area contributed by atoms with Gasteiger partial charge in [-0.1, -0.05) is 12.1 Å². The number of hydrogen-bond acceptors (Lipinski definition) is 9. The molecule has 3 aliphatic rings. The van der Waals surface area contributed by atoms with Crippen molar-refractivity contribution in [1.29, 1.82) is 0 Å². The van der Waals surface area contributed by atoms with Crippen LogP contribution in [0.2, 0.25) is 0 Å². The second-order valence-electron chi connectivity index (χ2n) is 10.7. The number of carbonyl (C=O) groups is 4. The molecule has 0 aliphatic heterocycles. The van der Waals surface area contributed by atoms with Gasteiger partial charge < -0.3 is 36.4 Å². The SMILES string of the molecule is CC(=O)Nc1cccc(-c2cc(N(C)C)c3c(c2O)C(O)=C2C(=O)C4(O)C(O)=C(C(N)=O)C(=O)CC4CC2C3)c1. The number of hydrogen-bond donors (Lipinski definition) is 6. The second-order valence-corrected chi connectivity index (χ2v) is 10.7. The van der Waals surface area contributed by atoms with E-state index >= 15 is 0 Å². The number of nitrogens with zero attached hydrogens (tertiary/aromatic N) is 1. The first-order valence-corrected chi connectivity index (χ1v) is 12.7. The van der Waals surface area contributed by atoms with Crippen LogP contribution in [0.25, 0.3) is 16.9 Å². The Balaban J connectivity index is 1.72. The summed E-state index contributed by atoms with van der Waals surface area (Å²) in [7, 11) is 3.58. The fourth-order valence-corrected chi connectivity index (χ4v) is 6.26. The Bertz CT molecular complexity index is 1590. The topological polar surface area (TPSA) is 190 Å². The molecular weight excluding hydrogens is 518 g/mol. The minimum atomic E-state index is -2.63. The Hall–Kier alpha value is -4.64. The van der Waals surface area contributed by atoms with Crippen LogP contribution in [0.5, 0.6) is 5.75 Å². The van der Waals surface area contributed by atoms with Gasteiger partial charge in [0.1, 0.15) is 22.8 Å². The fourth-order valence-electron chi connectivity index (χ4n) is 6.26. The first-order valence-electron chi connectivity index (χ1n) is 12.7. The summed E-state index contributed by atoms with van der Waals surface area (Å²) in [6, 6.07) is 8.50. The van der Waals surface area contributed by atoms with E-state index in [1.165, 1.54) is 6.92 Å². The molecule has 11 heteroatoms. The smallest absolute Gasteiger partial charge is 0.255 e. The van der Waals surface area contributed by atoms with Crippen LogP contribution in [0.4, 0.5) is 11.4 Å². The third-order valence-corrected chi connectivity index (χ3v) is 8.02. The van der Waals surface area contributed by atoms with E-state index in [-0.39, 0.29) is 42.1 Å². The Labute approximate surface area is 229 Å². The molecule has 0 bridgehead atoms. The number of benzene rings is 2. The molecule has 11 nitrogen and oxygen atoms in total. The van der Waals surface area contributed by atoms with Gasteiger partial charge in [0.2, 0.25) is 11.7 Å². The van der Waals surface area contributed by atoms with Crippen LogP contribution in [0.1, 0.15) is 30.9 Å². The monoisotopic (exact) mass is 547 g/mol. The Morgan fingerprint density at radius 1 is 1.10 bits per heavy atom. The number of aliphatic hydroxyl groups excluding tert-OH is 2. The lowest BCUT2D eigenvalue weighted by Gasteiger charge is -2.46. The van der Waals surface area contributed by atoms with E-state index in [4.69, 9.17) is 5.73 Å². The van der Waals surface area contributed by atoms with Crippen LogP contribution in [0.3, 0.4) is 0 Å². The molecule has 2 amide bonds. The van der Waals surface area contributed by atoms with E-state index in [1.807, 2.05) is 0 Å². The first-order chi connectivity index (χ1) is 18.8. The molecule has 208 valence electrons. The van der Waals surface area contributed by atoms with Crippen LogP contribution in [-0.2, 0) is 25.6 Å². The quantitative estimate of drug-likeness (QED) is 0.311. The van der Waals surface area contributed by atoms with Gasteiger partial charge in [-0.3, -0.25) is 19.2 Å². The zero-order valence-corrected chi connectivity index (χ0v) is 22.1. The number of phenols is 1. The van der Waals surface area contributed by atoms with Gasteiger partial charge in [-0.15, -0.1) is 0 Å². The molecule has 3 aliphatic carbocycles. The highest BCUT2D eigenvalue weighted by molar-refractivity contribution is 6.22. The summed E-state index contributed by atoms with van der Waals surface area (Å²) in [6.45, 7) is 1.37. The number of phenolic OH excluding ortho intramolecular Hbond substituents is 1. The summed E-state index contributed by atoms with van der Waals surface area (Å²) < 4.78 is 0. The number of fused-ring (bicyclic) bond motifs is 3. The van der Waals surface area contributed by atoms with Crippen LogP contribution < -0.4 is 16.0 Å². The molecule has 2 aromatic rings. The number of aliphatic hydroxyl groups is 3. The summed E-state index contributed by atoms with van der Waals surface area (Å²) in [5.74, 6) is -7.02. The van der Waals surface area contributed by atoms with Gasteiger partial charge >= 0.3 is 0 Å². The van der Waals surface area contributed by atoms with Crippen molar-refractivity contribution in [2.24, 2.45) is 17.6 Å². The molecule has 1 fully saturated rings. The Morgan fingerprint density at radius 3 is 2.42 bits per heavy atom. The predicted molar refractivity (Wildman–Crippen MR) is 145 cm³/mol. The molecule has 3 unspecified atom stereocenters. The maximum absolute atomic E-state index is 13.8. The molecule has 0 saturated heterocycles. The molecular formula is C29H29N3O8. The number of rotatable bonds is 4. The average Bonchev–Trinajstić information content (AvgIpc) is 2.85. The van der Waals surface area contributed by atoms with Crippen LogP contribution >= 0.6 is 0 Å². The lowest BCUT2D eigenvalue weighted by Crippen LogP contribution is -2.58. The molecule has 0 radical (unpaired) electrons. The van der Waals surface area contributed by atoms with Gasteiger partial charge in [0, 0.05) is 55.9 Å².